The summed E-state index contributed by atoms with van der Waals surface area (Å²) in [7, 11) is 0. The highest BCUT2D eigenvalue weighted by Crippen LogP contribution is 2.58. The van der Waals surface area contributed by atoms with Gasteiger partial charge in [-0.1, -0.05) is 48.5 Å². The number of amides is 1. The minimum atomic E-state index is 0.0574. The molecule has 2 nitrogen and oxygen atoms in total. The number of carbonyl (C=O) groups is 1. The van der Waals surface area contributed by atoms with Gasteiger partial charge in [0.05, 0.1) is 6.04 Å². The number of fused-ring (bicyclic) bond motifs is 2. The van der Waals surface area contributed by atoms with Crippen LogP contribution in [-0.4, -0.2) is 5.91 Å². The van der Waals surface area contributed by atoms with Crippen molar-refractivity contribution in [2.24, 2.45) is 0 Å². The van der Waals surface area contributed by atoms with Crippen molar-refractivity contribution in [1.29, 1.82) is 0 Å². The first-order valence-electron chi connectivity index (χ1n) is 6.77. The van der Waals surface area contributed by atoms with E-state index in [0.717, 1.165) is 18.4 Å². The molecule has 1 saturated carbocycles. The van der Waals surface area contributed by atoms with Crippen LogP contribution >= 0.6 is 0 Å². The summed E-state index contributed by atoms with van der Waals surface area (Å²) < 4.78 is 0. The van der Waals surface area contributed by atoms with Crippen LogP contribution in [0.1, 0.15) is 40.4 Å². The van der Waals surface area contributed by atoms with Crippen LogP contribution in [0.2, 0.25) is 0 Å². The Hall–Kier alpha value is -2.09. The van der Waals surface area contributed by atoms with E-state index in [-0.39, 0.29) is 17.4 Å². The van der Waals surface area contributed by atoms with Gasteiger partial charge >= 0.3 is 0 Å². The van der Waals surface area contributed by atoms with E-state index in [0.29, 0.717) is 0 Å². The number of nitrogens with one attached hydrogen (secondary N) is 1. The van der Waals surface area contributed by atoms with Crippen molar-refractivity contribution in [2.45, 2.75) is 24.3 Å². The number of rotatable bonds is 1. The normalized spacial score (nSPS) is 22.7. The molecule has 94 valence electrons. The molecular weight excluding hydrogens is 234 g/mol. The Morgan fingerprint density at radius 2 is 1.63 bits per heavy atom. The van der Waals surface area contributed by atoms with E-state index >= 15 is 0 Å². The molecule has 1 aliphatic carbocycles. The van der Waals surface area contributed by atoms with Gasteiger partial charge in [0, 0.05) is 11.0 Å². The Balaban J connectivity index is 1.87. The van der Waals surface area contributed by atoms with Crippen LogP contribution < -0.4 is 5.32 Å². The second-order valence-corrected chi connectivity index (χ2v) is 5.52. The zero-order valence-electron chi connectivity index (χ0n) is 10.6. The average Bonchev–Trinajstić information content (AvgIpc) is 3.26. The monoisotopic (exact) mass is 249 g/mol. The van der Waals surface area contributed by atoms with Crippen LogP contribution in [0.25, 0.3) is 0 Å². The summed E-state index contributed by atoms with van der Waals surface area (Å²) in [6.07, 6.45) is 2.31. The molecule has 1 N–H and O–H groups in total. The fraction of sp³-hybridized carbons (Fsp3) is 0.235. The third-order valence-electron chi connectivity index (χ3n) is 4.46. The van der Waals surface area contributed by atoms with E-state index in [4.69, 9.17) is 0 Å². The van der Waals surface area contributed by atoms with Crippen LogP contribution in [0.4, 0.5) is 0 Å². The lowest BCUT2D eigenvalue weighted by atomic mass is 9.78. The number of hydrogen-bond donors (Lipinski definition) is 1. The molecule has 1 amide bonds. The Morgan fingerprint density at radius 1 is 0.947 bits per heavy atom. The van der Waals surface area contributed by atoms with Crippen molar-refractivity contribution >= 4 is 5.91 Å². The van der Waals surface area contributed by atoms with Crippen molar-refractivity contribution in [3.8, 4) is 0 Å². The maximum atomic E-state index is 12.3. The highest BCUT2D eigenvalue weighted by molar-refractivity contribution is 5.98. The smallest absolute Gasteiger partial charge is 0.252 e. The van der Waals surface area contributed by atoms with Crippen LogP contribution in [0.3, 0.4) is 0 Å². The lowest BCUT2D eigenvalue weighted by Gasteiger charge is -2.34. The second kappa shape index (κ2) is 3.70. The lowest BCUT2D eigenvalue weighted by molar-refractivity contribution is 0.0909. The molecule has 19 heavy (non-hydrogen) atoms. The molecule has 2 aliphatic rings. The fourth-order valence-electron chi connectivity index (χ4n) is 3.36. The van der Waals surface area contributed by atoms with Gasteiger partial charge in [-0.3, -0.25) is 4.79 Å². The Labute approximate surface area is 112 Å². The zero-order valence-corrected chi connectivity index (χ0v) is 10.6. The summed E-state index contributed by atoms with van der Waals surface area (Å²) in [5.41, 5.74) is 3.42. The summed E-state index contributed by atoms with van der Waals surface area (Å²) in [6.45, 7) is 0. The maximum absolute atomic E-state index is 12.3. The van der Waals surface area contributed by atoms with Gasteiger partial charge < -0.3 is 5.32 Å². The first kappa shape index (κ1) is 10.8. The van der Waals surface area contributed by atoms with Crippen LogP contribution in [-0.2, 0) is 5.41 Å². The van der Waals surface area contributed by atoms with Gasteiger partial charge in [-0.2, -0.15) is 0 Å². The fourth-order valence-corrected chi connectivity index (χ4v) is 3.36. The first-order chi connectivity index (χ1) is 9.31. The number of hydrogen-bond acceptors (Lipinski definition) is 1. The minimum Gasteiger partial charge on any atom is -0.344 e. The van der Waals surface area contributed by atoms with Gasteiger partial charge in [-0.15, -0.1) is 0 Å². The molecule has 0 saturated heterocycles. The largest absolute Gasteiger partial charge is 0.344 e. The minimum absolute atomic E-state index is 0.0574. The standard InChI is InChI=1S/C17H15NO/c19-16-13-8-4-5-9-14(13)17(10-11-17)15(18-16)12-6-2-1-3-7-12/h1-9,15H,10-11H2,(H,18,19)/t15-/m1/s1. The molecule has 0 unspecified atom stereocenters. The van der Waals surface area contributed by atoms with E-state index in [1.165, 1.54) is 11.1 Å². The molecule has 1 heterocycles. The van der Waals surface area contributed by atoms with E-state index in [9.17, 15) is 4.79 Å². The van der Waals surface area contributed by atoms with Gasteiger partial charge in [0.2, 0.25) is 0 Å². The molecule has 1 fully saturated rings. The van der Waals surface area contributed by atoms with Gasteiger partial charge in [0.1, 0.15) is 0 Å². The predicted molar refractivity (Wildman–Crippen MR) is 74.0 cm³/mol. The summed E-state index contributed by atoms with van der Waals surface area (Å²) in [6, 6.07) is 18.5. The SMILES string of the molecule is O=C1N[C@H](c2ccccc2)C2(CC2)c2ccccc21. The Kier molecular flexibility index (Phi) is 2.10. The number of carbonyl (C=O) groups excluding carboxylic acids is 1. The highest BCUT2D eigenvalue weighted by atomic mass is 16.1. The average molecular weight is 249 g/mol. The molecule has 2 aromatic carbocycles. The molecule has 4 rings (SSSR count). The summed E-state index contributed by atoms with van der Waals surface area (Å²) >= 11 is 0. The Bertz CT molecular complexity index is 643. The molecule has 2 heteroatoms. The molecule has 0 bridgehead atoms. The van der Waals surface area contributed by atoms with E-state index in [1.54, 1.807) is 0 Å². The van der Waals surface area contributed by atoms with Gasteiger partial charge in [0.25, 0.3) is 5.91 Å². The van der Waals surface area contributed by atoms with Crippen molar-refractivity contribution in [3.63, 3.8) is 0 Å². The second-order valence-electron chi connectivity index (χ2n) is 5.52. The van der Waals surface area contributed by atoms with E-state index < -0.39 is 0 Å². The van der Waals surface area contributed by atoms with E-state index in [1.807, 2.05) is 36.4 Å². The lowest BCUT2D eigenvalue weighted by Crippen LogP contribution is -2.42. The van der Waals surface area contributed by atoms with Crippen molar-refractivity contribution in [3.05, 3.63) is 71.3 Å². The third kappa shape index (κ3) is 1.46. The number of benzene rings is 2. The van der Waals surface area contributed by atoms with Gasteiger partial charge in [-0.25, -0.2) is 0 Å². The molecule has 1 atom stereocenters. The highest BCUT2D eigenvalue weighted by Gasteiger charge is 2.55. The topological polar surface area (TPSA) is 29.1 Å². The van der Waals surface area contributed by atoms with Gasteiger partial charge in [-0.05, 0) is 30.0 Å². The zero-order chi connectivity index (χ0) is 12.9. The summed E-state index contributed by atoms with van der Waals surface area (Å²) in [4.78, 5) is 12.3. The predicted octanol–water partition coefficient (Wildman–Crippen LogP) is 3.20. The summed E-state index contributed by atoms with van der Waals surface area (Å²) in [5.74, 6) is 0.0574. The van der Waals surface area contributed by atoms with Crippen molar-refractivity contribution < 1.29 is 4.79 Å². The summed E-state index contributed by atoms with van der Waals surface area (Å²) in [5, 5.41) is 3.20. The van der Waals surface area contributed by atoms with E-state index in [2.05, 4.69) is 23.5 Å². The van der Waals surface area contributed by atoms with Crippen LogP contribution in [0.5, 0.6) is 0 Å². The maximum Gasteiger partial charge on any atom is 0.252 e. The molecule has 1 aliphatic heterocycles. The quantitative estimate of drug-likeness (QED) is 0.826. The molecule has 0 radical (unpaired) electrons. The van der Waals surface area contributed by atoms with Crippen molar-refractivity contribution in [2.75, 3.05) is 0 Å². The van der Waals surface area contributed by atoms with Crippen LogP contribution in [0.15, 0.2) is 54.6 Å². The van der Waals surface area contributed by atoms with Gasteiger partial charge in [0.15, 0.2) is 0 Å². The van der Waals surface area contributed by atoms with Crippen molar-refractivity contribution in [1.82, 2.24) is 5.32 Å². The molecule has 0 aromatic heterocycles. The first-order valence-corrected chi connectivity index (χ1v) is 6.77. The van der Waals surface area contributed by atoms with Crippen LogP contribution in [0, 0.1) is 0 Å². The molecule has 1 spiro atoms. The Morgan fingerprint density at radius 3 is 2.37 bits per heavy atom. The molecular formula is C17H15NO. The molecule has 2 aromatic rings. The third-order valence-corrected chi connectivity index (χ3v) is 4.46.